The fraction of sp³-hybridized carbons (Fsp3) is 0.273. The monoisotopic (exact) mass is 207 g/mol. The first-order valence-electron chi connectivity index (χ1n) is 4.53. The van der Waals surface area contributed by atoms with Crippen molar-refractivity contribution in [2.45, 2.75) is 12.8 Å². The molecule has 0 heterocycles. The van der Waals surface area contributed by atoms with Crippen molar-refractivity contribution in [1.29, 1.82) is 5.26 Å². The summed E-state index contributed by atoms with van der Waals surface area (Å²) in [6, 6.07) is 6.11. The fourth-order valence-electron chi connectivity index (χ4n) is 1.10. The average Bonchev–Trinajstić information content (AvgIpc) is 2.26. The fourth-order valence-corrected chi connectivity index (χ4v) is 1.10. The van der Waals surface area contributed by atoms with Gasteiger partial charge in [-0.2, -0.15) is 5.26 Å². The molecule has 0 fully saturated rings. The molecule has 4 heteroatoms. The van der Waals surface area contributed by atoms with Crippen molar-refractivity contribution < 1.29 is 13.9 Å². The van der Waals surface area contributed by atoms with Crippen LogP contribution in [-0.4, -0.2) is 12.9 Å². The number of rotatable bonds is 5. The predicted octanol–water partition coefficient (Wildman–Crippen LogP) is 2.32. The van der Waals surface area contributed by atoms with Gasteiger partial charge in [0.15, 0.2) is 17.9 Å². The van der Waals surface area contributed by atoms with Crippen molar-refractivity contribution in [3.63, 3.8) is 0 Å². The molecular formula is C11H10FNO2. The number of nitriles is 1. The second-order valence-corrected chi connectivity index (χ2v) is 2.89. The van der Waals surface area contributed by atoms with Crippen LogP contribution in [0, 0.1) is 17.1 Å². The Balaban J connectivity index is 2.67. The molecule has 0 aliphatic heterocycles. The van der Waals surface area contributed by atoms with Crippen LogP contribution in [0.2, 0.25) is 0 Å². The first-order chi connectivity index (χ1) is 7.29. The number of aldehydes is 1. The van der Waals surface area contributed by atoms with E-state index in [4.69, 9.17) is 10.00 Å². The van der Waals surface area contributed by atoms with Crippen LogP contribution >= 0.6 is 0 Å². The third-order valence-electron chi connectivity index (χ3n) is 1.80. The number of para-hydroxylation sites is 1. The molecule has 1 rings (SSSR count). The van der Waals surface area contributed by atoms with Gasteiger partial charge >= 0.3 is 0 Å². The van der Waals surface area contributed by atoms with E-state index in [2.05, 4.69) is 0 Å². The number of halogens is 1. The van der Waals surface area contributed by atoms with Crippen LogP contribution in [0.4, 0.5) is 4.39 Å². The van der Waals surface area contributed by atoms with Crippen LogP contribution in [0.25, 0.3) is 0 Å². The lowest BCUT2D eigenvalue weighted by atomic mass is 10.2. The molecule has 0 spiro atoms. The lowest BCUT2D eigenvalue weighted by Gasteiger charge is -2.07. The van der Waals surface area contributed by atoms with E-state index in [9.17, 15) is 9.18 Å². The van der Waals surface area contributed by atoms with E-state index in [-0.39, 0.29) is 17.9 Å². The van der Waals surface area contributed by atoms with Crippen LogP contribution in [0.15, 0.2) is 18.2 Å². The van der Waals surface area contributed by atoms with Gasteiger partial charge in [-0.1, -0.05) is 6.07 Å². The predicted molar refractivity (Wildman–Crippen MR) is 52.1 cm³/mol. The molecule has 0 N–H and O–H groups in total. The van der Waals surface area contributed by atoms with E-state index >= 15 is 0 Å². The summed E-state index contributed by atoms with van der Waals surface area (Å²) in [7, 11) is 0. The Hall–Kier alpha value is -1.89. The third kappa shape index (κ3) is 3.06. The van der Waals surface area contributed by atoms with Gasteiger partial charge in [-0.15, -0.1) is 0 Å². The van der Waals surface area contributed by atoms with Crippen LogP contribution in [0.5, 0.6) is 5.75 Å². The molecule has 0 aromatic heterocycles. The minimum atomic E-state index is -0.559. The van der Waals surface area contributed by atoms with Crippen LogP contribution in [0.1, 0.15) is 23.2 Å². The second-order valence-electron chi connectivity index (χ2n) is 2.89. The number of hydrogen-bond acceptors (Lipinski definition) is 3. The minimum absolute atomic E-state index is 0.0366. The molecule has 1 aromatic rings. The van der Waals surface area contributed by atoms with E-state index < -0.39 is 5.82 Å². The van der Waals surface area contributed by atoms with Crippen molar-refractivity contribution in [2.24, 2.45) is 0 Å². The van der Waals surface area contributed by atoms with E-state index in [1.165, 1.54) is 18.2 Å². The number of nitrogens with zero attached hydrogens (tertiary/aromatic N) is 1. The molecule has 0 amide bonds. The van der Waals surface area contributed by atoms with E-state index in [0.717, 1.165) is 0 Å². The van der Waals surface area contributed by atoms with Crippen molar-refractivity contribution >= 4 is 6.29 Å². The number of hydrogen-bond donors (Lipinski definition) is 0. The molecule has 0 radical (unpaired) electrons. The van der Waals surface area contributed by atoms with Gasteiger partial charge in [0.05, 0.1) is 18.2 Å². The highest BCUT2D eigenvalue weighted by Gasteiger charge is 2.08. The van der Waals surface area contributed by atoms with E-state index in [0.29, 0.717) is 19.1 Å². The Kier molecular flexibility index (Phi) is 4.30. The molecule has 3 nitrogen and oxygen atoms in total. The van der Waals surface area contributed by atoms with E-state index in [1.807, 2.05) is 6.07 Å². The van der Waals surface area contributed by atoms with Crippen LogP contribution in [0.3, 0.4) is 0 Å². The number of unbranched alkanes of at least 4 members (excludes halogenated alkanes) is 1. The highest BCUT2D eigenvalue weighted by Crippen LogP contribution is 2.21. The second kappa shape index (κ2) is 5.76. The normalized spacial score (nSPS) is 9.33. The molecule has 0 aliphatic rings. The maximum absolute atomic E-state index is 13.2. The minimum Gasteiger partial charge on any atom is -0.490 e. The topological polar surface area (TPSA) is 50.1 Å². The zero-order chi connectivity index (χ0) is 11.1. The zero-order valence-electron chi connectivity index (χ0n) is 8.07. The molecule has 1 aromatic carbocycles. The Morgan fingerprint density at radius 2 is 2.33 bits per heavy atom. The molecule has 78 valence electrons. The Morgan fingerprint density at radius 1 is 1.53 bits per heavy atom. The zero-order valence-corrected chi connectivity index (χ0v) is 8.07. The number of carbonyl (C=O) groups excluding carboxylic acids is 1. The van der Waals surface area contributed by atoms with Gasteiger partial charge in [-0.05, 0) is 18.6 Å². The van der Waals surface area contributed by atoms with Crippen LogP contribution < -0.4 is 4.74 Å². The van der Waals surface area contributed by atoms with Gasteiger partial charge in [-0.25, -0.2) is 4.39 Å². The summed E-state index contributed by atoms with van der Waals surface area (Å²) in [5.74, 6) is -0.595. The summed E-state index contributed by atoms with van der Waals surface area (Å²) in [5, 5.41) is 8.28. The van der Waals surface area contributed by atoms with Gasteiger partial charge in [-0.3, -0.25) is 4.79 Å². The van der Waals surface area contributed by atoms with Gasteiger partial charge in [0.25, 0.3) is 0 Å². The number of carbonyl (C=O) groups is 1. The molecule has 0 saturated carbocycles. The summed E-state index contributed by atoms with van der Waals surface area (Å²) in [6.45, 7) is 0.231. The lowest BCUT2D eigenvalue weighted by molar-refractivity contribution is 0.111. The van der Waals surface area contributed by atoms with Gasteiger partial charge in [0, 0.05) is 6.42 Å². The quantitative estimate of drug-likeness (QED) is 0.550. The molecular weight excluding hydrogens is 197 g/mol. The smallest absolute Gasteiger partial charge is 0.165 e. The van der Waals surface area contributed by atoms with Crippen molar-refractivity contribution in [3.8, 4) is 11.8 Å². The maximum Gasteiger partial charge on any atom is 0.165 e. The Labute approximate surface area is 87.1 Å². The highest BCUT2D eigenvalue weighted by atomic mass is 19.1. The lowest BCUT2D eigenvalue weighted by Crippen LogP contribution is -2.01. The molecule has 0 unspecified atom stereocenters. The first-order valence-corrected chi connectivity index (χ1v) is 4.53. The van der Waals surface area contributed by atoms with Gasteiger partial charge in [0.1, 0.15) is 0 Å². The average molecular weight is 207 g/mol. The molecule has 0 bridgehead atoms. The number of ether oxygens (including phenoxy) is 1. The maximum atomic E-state index is 13.2. The van der Waals surface area contributed by atoms with Crippen molar-refractivity contribution in [3.05, 3.63) is 29.6 Å². The van der Waals surface area contributed by atoms with Crippen LogP contribution in [-0.2, 0) is 0 Å². The summed E-state index contributed by atoms with van der Waals surface area (Å²) in [6.07, 6.45) is 1.41. The molecule has 0 atom stereocenters. The molecule has 0 aliphatic carbocycles. The summed E-state index contributed by atoms with van der Waals surface area (Å²) < 4.78 is 18.3. The summed E-state index contributed by atoms with van der Waals surface area (Å²) in [4.78, 5) is 10.6. The summed E-state index contributed by atoms with van der Waals surface area (Å²) >= 11 is 0. The Bertz CT molecular complexity index is 385. The standard InChI is InChI=1S/C11H10FNO2/c12-10-5-3-4-9(8-14)11(10)15-7-2-1-6-13/h3-5,8H,1-2,7H2. The molecule has 0 saturated heterocycles. The number of benzene rings is 1. The van der Waals surface area contributed by atoms with E-state index in [1.54, 1.807) is 0 Å². The highest BCUT2D eigenvalue weighted by molar-refractivity contribution is 5.79. The Morgan fingerprint density at radius 3 is 3.00 bits per heavy atom. The van der Waals surface area contributed by atoms with Gasteiger partial charge in [0.2, 0.25) is 0 Å². The molecule has 15 heavy (non-hydrogen) atoms. The third-order valence-corrected chi connectivity index (χ3v) is 1.80. The first kappa shape index (κ1) is 11.2. The largest absolute Gasteiger partial charge is 0.490 e. The SMILES string of the molecule is N#CCCCOc1c(F)cccc1C=O. The van der Waals surface area contributed by atoms with Gasteiger partial charge < -0.3 is 4.74 Å². The van der Waals surface area contributed by atoms with Crippen molar-refractivity contribution in [2.75, 3.05) is 6.61 Å². The van der Waals surface area contributed by atoms with Crippen molar-refractivity contribution in [1.82, 2.24) is 0 Å². The summed E-state index contributed by atoms with van der Waals surface area (Å²) in [5.41, 5.74) is 0.187.